The number of imide groups is 2. The number of methoxy groups -OCH3 is 1. The number of ether oxygens (including phenoxy) is 1. The molecule has 3 aliphatic rings. The molecule has 3 aliphatic heterocycles. The number of nitrogens with zero attached hydrogens (tertiary/aromatic N) is 3. The van der Waals surface area contributed by atoms with Gasteiger partial charge in [0.25, 0.3) is 5.56 Å². The van der Waals surface area contributed by atoms with E-state index in [4.69, 9.17) is 4.74 Å². The van der Waals surface area contributed by atoms with Crippen molar-refractivity contribution in [1.82, 2.24) is 19.7 Å². The lowest BCUT2D eigenvalue weighted by atomic mass is 9.75. The molecule has 3 aromatic rings. The Morgan fingerprint density at radius 1 is 0.875 bits per heavy atom. The fraction of sp³-hybridized carbons (Fsp3) is 0.355. The maximum atomic E-state index is 14.3. The number of barbiturate groups is 1. The molecule has 206 valence electrons. The predicted molar refractivity (Wildman–Crippen MR) is 148 cm³/mol. The van der Waals surface area contributed by atoms with Gasteiger partial charge in [0.05, 0.1) is 13.7 Å². The summed E-state index contributed by atoms with van der Waals surface area (Å²) in [4.78, 5) is 56.9. The van der Waals surface area contributed by atoms with Gasteiger partial charge in [0.15, 0.2) is 0 Å². The number of nitrogens with one attached hydrogen (secondary N) is 1. The van der Waals surface area contributed by atoms with Crippen molar-refractivity contribution in [2.24, 2.45) is 11.3 Å². The predicted octanol–water partition coefficient (Wildman–Crippen LogP) is 2.78. The number of rotatable bonds is 7. The Balaban J connectivity index is 1.34. The average molecular weight is 541 g/mol. The lowest BCUT2D eigenvalue weighted by Crippen LogP contribution is -2.67. The average Bonchev–Trinajstić information content (AvgIpc) is 2.96. The number of pyridine rings is 1. The maximum Gasteiger partial charge on any atom is 0.331 e. The highest BCUT2D eigenvalue weighted by atomic mass is 16.5. The molecular formula is C31H32N4O5. The van der Waals surface area contributed by atoms with E-state index in [2.05, 4.69) is 10.2 Å². The molecule has 2 saturated heterocycles. The van der Waals surface area contributed by atoms with Gasteiger partial charge in [-0.3, -0.25) is 24.6 Å². The van der Waals surface area contributed by atoms with Crippen molar-refractivity contribution in [3.8, 4) is 5.75 Å². The van der Waals surface area contributed by atoms with Gasteiger partial charge in [-0.05, 0) is 48.1 Å². The minimum absolute atomic E-state index is 0.00790. The van der Waals surface area contributed by atoms with E-state index in [0.29, 0.717) is 25.4 Å². The molecule has 1 N–H and O–H groups in total. The second-order valence-corrected chi connectivity index (χ2v) is 11.1. The van der Waals surface area contributed by atoms with Crippen molar-refractivity contribution in [3.05, 3.63) is 100.0 Å². The smallest absolute Gasteiger partial charge is 0.331 e. The van der Waals surface area contributed by atoms with Crippen LogP contribution in [0.15, 0.2) is 77.6 Å². The zero-order valence-electron chi connectivity index (χ0n) is 22.4. The second kappa shape index (κ2) is 10.4. The first-order valence-corrected chi connectivity index (χ1v) is 13.6. The highest BCUT2D eigenvalue weighted by Gasteiger charge is 2.55. The summed E-state index contributed by atoms with van der Waals surface area (Å²) in [6.07, 6.45) is 1.10. The highest BCUT2D eigenvalue weighted by molar-refractivity contribution is 6.19. The molecule has 6 rings (SSSR count). The molecule has 4 amide bonds. The summed E-state index contributed by atoms with van der Waals surface area (Å²) >= 11 is 0. The van der Waals surface area contributed by atoms with Crippen LogP contribution in [0.1, 0.15) is 29.2 Å². The van der Waals surface area contributed by atoms with Gasteiger partial charge in [0, 0.05) is 43.9 Å². The van der Waals surface area contributed by atoms with Crippen LogP contribution in [0.3, 0.4) is 0 Å². The summed E-state index contributed by atoms with van der Waals surface area (Å²) in [5.74, 6) is -0.0319. The Kier molecular flexibility index (Phi) is 6.75. The third kappa shape index (κ3) is 4.70. The van der Waals surface area contributed by atoms with E-state index in [9.17, 15) is 19.2 Å². The molecule has 9 nitrogen and oxygen atoms in total. The number of aromatic nitrogens is 1. The number of likely N-dealkylation sites (tertiary alicyclic amines) is 1. The van der Waals surface area contributed by atoms with Crippen LogP contribution in [-0.2, 0) is 29.1 Å². The molecule has 0 unspecified atom stereocenters. The number of carbonyl (C=O) groups excluding carboxylic acids is 3. The van der Waals surface area contributed by atoms with Gasteiger partial charge in [-0.1, -0.05) is 48.5 Å². The number of hydrogen-bond acceptors (Lipinski definition) is 6. The summed E-state index contributed by atoms with van der Waals surface area (Å²) in [5, 5.41) is 2.51. The second-order valence-electron chi connectivity index (χ2n) is 11.1. The third-order valence-electron chi connectivity index (χ3n) is 8.45. The number of benzene rings is 2. The number of urea groups is 1. The van der Waals surface area contributed by atoms with E-state index in [0.717, 1.165) is 23.2 Å². The maximum absolute atomic E-state index is 14.3. The van der Waals surface area contributed by atoms with E-state index in [-0.39, 0.29) is 36.9 Å². The van der Waals surface area contributed by atoms with Crippen LogP contribution in [0.5, 0.6) is 5.75 Å². The summed E-state index contributed by atoms with van der Waals surface area (Å²) in [5.41, 5.74) is 1.10. The normalized spacial score (nSPS) is 24.4. The van der Waals surface area contributed by atoms with Gasteiger partial charge in [-0.2, -0.15) is 0 Å². The van der Waals surface area contributed by atoms with Gasteiger partial charge in [-0.15, -0.1) is 0 Å². The number of hydrogen-bond donors (Lipinski definition) is 1. The number of amides is 4. The van der Waals surface area contributed by atoms with Crippen LogP contribution in [0.4, 0.5) is 4.79 Å². The van der Waals surface area contributed by atoms with Gasteiger partial charge >= 0.3 is 6.03 Å². The van der Waals surface area contributed by atoms with Crippen molar-refractivity contribution in [2.45, 2.75) is 31.8 Å². The van der Waals surface area contributed by atoms with Gasteiger partial charge in [-0.25, -0.2) is 4.79 Å². The largest absolute Gasteiger partial charge is 0.497 e. The van der Waals surface area contributed by atoms with Crippen molar-refractivity contribution < 1.29 is 19.1 Å². The molecule has 0 saturated carbocycles. The third-order valence-corrected chi connectivity index (χ3v) is 8.45. The van der Waals surface area contributed by atoms with Crippen LogP contribution in [0, 0.1) is 11.3 Å². The lowest BCUT2D eigenvalue weighted by Gasteiger charge is -2.47. The first-order valence-electron chi connectivity index (χ1n) is 13.6. The molecule has 0 radical (unpaired) electrons. The van der Waals surface area contributed by atoms with Gasteiger partial charge in [0.1, 0.15) is 11.2 Å². The highest BCUT2D eigenvalue weighted by Crippen LogP contribution is 2.38. The van der Waals surface area contributed by atoms with Crippen molar-refractivity contribution in [1.29, 1.82) is 0 Å². The first kappa shape index (κ1) is 26.0. The molecule has 40 heavy (non-hydrogen) atoms. The fourth-order valence-corrected chi connectivity index (χ4v) is 6.59. The van der Waals surface area contributed by atoms with Crippen molar-refractivity contribution in [3.63, 3.8) is 0 Å². The van der Waals surface area contributed by atoms with Crippen LogP contribution in [-0.4, -0.2) is 59.0 Å². The molecular weight excluding hydrogens is 508 g/mol. The number of piperidine rings is 1. The van der Waals surface area contributed by atoms with Crippen LogP contribution >= 0.6 is 0 Å². The molecule has 1 aromatic heterocycles. The van der Waals surface area contributed by atoms with Gasteiger partial charge < -0.3 is 14.2 Å². The quantitative estimate of drug-likeness (QED) is 0.463. The minimum Gasteiger partial charge on any atom is -0.497 e. The topological polar surface area (TPSA) is 101 Å². The zero-order valence-corrected chi connectivity index (χ0v) is 22.4. The van der Waals surface area contributed by atoms with Crippen LogP contribution < -0.4 is 15.6 Å². The number of fused-ring (bicyclic) bond motifs is 4. The van der Waals surface area contributed by atoms with Crippen molar-refractivity contribution in [2.75, 3.05) is 26.7 Å². The first-order chi connectivity index (χ1) is 19.4. The van der Waals surface area contributed by atoms with E-state index in [1.165, 1.54) is 4.90 Å². The molecule has 3 atom stereocenters. The number of carbonyl (C=O) groups is 3. The Labute approximate surface area is 232 Å². The molecule has 4 heterocycles. The zero-order chi connectivity index (χ0) is 27.9. The molecule has 9 heteroatoms. The molecule has 2 aromatic carbocycles. The summed E-state index contributed by atoms with van der Waals surface area (Å²) in [7, 11) is 1.58. The van der Waals surface area contributed by atoms with E-state index in [1.54, 1.807) is 31.4 Å². The van der Waals surface area contributed by atoms with Gasteiger partial charge in [0.2, 0.25) is 11.8 Å². The Morgan fingerprint density at radius 2 is 1.65 bits per heavy atom. The monoisotopic (exact) mass is 540 g/mol. The van der Waals surface area contributed by atoms with Crippen LogP contribution in [0.25, 0.3) is 0 Å². The van der Waals surface area contributed by atoms with Crippen molar-refractivity contribution >= 4 is 17.8 Å². The molecule has 2 fully saturated rings. The SMILES string of the molecule is COc1ccc(C[C@@]2(CN3C[C@@H]4C[C@H](C3)c3cccc(=O)n3C4)C(=O)NC(=O)N(Cc3ccccc3)C2=O)cc1. The summed E-state index contributed by atoms with van der Waals surface area (Å²) in [6, 6.07) is 21.3. The van der Waals surface area contributed by atoms with Crippen LogP contribution in [0.2, 0.25) is 0 Å². The summed E-state index contributed by atoms with van der Waals surface area (Å²) in [6.45, 7) is 2.15. The van der Waals surface area contributed by atoms with E-state index < -0.39 is 23.3 Å². The Hall–Kier alpha value is -4.24. The Bertz CT molecular complexity index is 1500. The van der Waals surface area contributed by atoms with E-state index >= 15 is 0 Å². The molecule has 0 aliphatic carbocycles. The standard InChI is InChI=1S/C31H32N4O5/c1-40-25-12-10-21(11-13-25)15-31(28(37)32-30(39)35(29(31)38)17-22-6-3-2-4-7-22)20-33-16-23-14-24(19-33)26-8-5-9-27(36)34(26)18-23/h2-13,23-24H,14-20H2,1H3,(H,32,37,39)/t23-,24+,31+/m0/s1. The Morgan fingerprint density at radius 3 is 2.40 bits per heavy atom. The summed E-state index contributed by atoms with van der Waals surface area (Å²) < 4.78 is 7.16. The fourth-order valence-electron chi connectivity index (χ4n) is 6.59. The minimum atomic E-state index is -1.50. The lowest BCUT2D eigenvalue weighted by molar-refractivity contribution is -0.154. The molecule has 0 spiro atoms. The molecule has 2 bridgehead atoms. The van der Waals surface area contributed by atoms with E-state index in [1.807, 2.05) is 53.1 Å².